The molecule has 0 aromatic heterocycles. The van der Waals surface area contributed by atoms with Crippen molar-refractivity contribution < 1.29 is 10.0 Å². The number of amides is 1. The number of carbonyl (C=O) groups excluding carboxylic acids is 1. The third-order valence-corrected chi connectivity index (χ3v) is 3.15. The van der Waals surface area contributed by atoms with Crippen LogP contribution in [0.5, 0.6) is 0 Å². The Bertz CT molecular complexity index is 368. The van der Waals surface area contributed by atoms with E-state index in [2.05, 4.69) is 6.92 Å². The SMILES string of the molecule is CCCCCCCN(O)C(=O)[C@@H](N)c1ccccc1. The smallest absolute Gasteiger partial charge is 0.267 e. The topological polar surface area (TPSA) is 66.6 Å². The highest BCUT2D eigenvalue weighted by atomic mass is 16.5. The summed E-state index contributed by atoms with van der Waals surface area (Å²) in [6.45, 7) is 2.50. The zero-order valence-electron chi connectivity index (χ0n) is 11.6. The van der Waals surface area contributed by atoms with Crippen molar-refractivity contribution in [2.75, 3.05) is 6.54 Å². The second-order valence-corrected chi connectivity index (χ2v) is 4.76. The maximum absolute atomic E-state index is 11.9. The summed E-state index contributed by atoms with van der Waals surface area (Å²) in [6, 6.07) is 8.31. The predicted octanol–water partition coefficient (Wildman–Crippen LogP) is 2.87. The third kappa shape index (κ3) is 5.41. The lowest BCUT2D eigenvalue weighted by Crippen LogP contribution is -2.36. The summed E-state index contributed by atoms with van der Waals surface area (Å²) in [6.07, 6.45) is 5.36. The Morgan fingerprint density at radius 3 is 2.47 bits per heavy atom. The Kier molecular flexibility index (Phi) is 7.15. The molecule has 1 amide bonds. The van der Waals surface area contributed by atoms with E-state index in [1.807, 2.05) is 18.2 Å². The van der Waals surface area contributed by atoms with E-state index in [-0.39, 0.29) is 0 Å². The van der Waals surface area contributed by atoms with E-state index >= 15 is 0 Å². The van der Waals surface area contributed by atoms with Crippen molar-refractivity contribution in [2.24, 2.45) is 5.73 Å². The third-order valence-electron chi connectivity index (χ3n) is 3.15. The first kappa shape index (κ1) is 15.7. The average molecular weight is 264 g/mol. The molecule has 0 radical (unpaired) electrons. The molecule has 0 heterocycles. The summed E-state index contributed by atoms with van der Waals surface area (Å²) >= 11 is 0. The molecule has 0 unspecified atom stereocenters. The summed E-state index contributed by atoms with van der Waals surface area (Å²) in [5, 5.41) is 10.5. The van der Waals surface area contributed by atoms with Gasteiger partial charge < -0.3 is 5.73 Å². The molecule has 4 nitrogen and oxygen atoms in total. The quantitative estimate of drug-likeness (QED) is 0.431. The largest absolute Gasteiger partial charge is 0.316 e. The van der Waals surface area contributed by atoms with Crippen molar-refractivity contribution in [3.63, 3.8) is 0 Å². The van der Waals surface area contributed by atoms with Crippen molar-refractivity contribution in [3.8, 4) is 0 Å². The van der Waals surface area contributed by atoms with Crippen LogP contribution < -0.4 is 5.73 Å². The number of hydrogen-bond donors (Lipinski definition) is 2. The molecular formula is C15H24N2O2. The number of hydrogen-bond acceptors (Lipinski definition) is 3. The van der Waals surface area contributed by atoms with Gasteiger partial charge in [0.15, 0.2) is 0 Å². The van der Waals surface area contributed by atoms with Gasteiger partial charge >= 0.3 is 0 Å². The van der Waals surface area contributed by atoms with E-state index in [9.17, 15) is 10.0 Å². The standard InChI is InChI=1S/C15H24N2O2/c1-2-3-4-5-9-12-17(19)15(18)14(16)13-10-7-6-8-11-13/h6-8,10-11,14,19H,2-5,9,12,16H2,1H3/t14-/m0/s1. The fourth-order valence-electron chi connectivity index (χ4n) is 1.94. The van der Waals surface area contributed by atoms with Crippen molar-refractivity contribution in [1.82, 2.24) is 5.06 Å². The molecule has 106 valence electrons. The van der Waals surface area contributed by atoms with Crippen molar-refractivity contribution >= 4 is 5.91 Å². The van der Waals surface area contributed by atoms with Crippen LogP contribution in [-0.2, 0) is 4.79 Å². The second kappa shape index (κ2) is 8.67. The second-order valence-electron chi connectivity index (χ2n) is 4.76. The van der Waals surface area contributed by atoms with Gasteiger partial charge in [0.25, 0.3) is 5.91 Å². The van der Waals surface area contributed by atoms with Crippen molar-refractivity contribution in [3.05, 3.63) is 35.9 Å². The molecule has 0 aliphatic rings. The molecule has 1 aromatic rings. The number of hydroxylamine groups is 2. The first-order chi connectivity index (χ1) is 9.16. The van der Waals surface area contributed by atoms with Gasteiger partial charge in [-0.2, -0.15) is 0 Å². The Morgan fingerprint density at radius 1 is 1.21 bits per heavy atom. The van der Waals surface area contributed by atoms with Crippen LogP contribution in [0.3, 0.4) is 0 Å². The molecule has 1 atom stereocenters. The van der Waals surface area contributed by atoms with Gasteiger partial charge in [-0.15, -0.1) is 0 Å². The maximum Gasteiger partial charge on any atom is 0.267 e. The lowest BCUT2D eigenvalue weighted by atomic mass is 10.1. The summed E-state index contributed by atoms with van der Waals surface area (Å²) in [5.74, 6) is -0.443. The van der Waals surface area contributed by atoms with Crippen LogP contribution in [0.25, 0.3) is 0 Å². The van der Waals surface area contributed by atoms with E-state index < -0.39 is 11.9 Å². The number of rotatable bonds is 8. The number of benzene rings is 1. The molecule has 3 N–H and O–H groups in total. The summed E-state index contributed by atoms with van der Waals surface area (Å²) in [7, 11) is 0. The molecule has 19 heavy (non-hydrogen) atoms. The van der Waals surface area contributed by atoms with Crippen LogP contribution in [0, 0.1) is 0 Å². The van der Waals surface area contributed by atoms with Gasteiger partial charge in [-0.3, -0.25) is 10.0 Å². The van der Waals surface area contributed by atoms with Gasteiger partial charge in [0.05, 0.1) is 0 Å². The van der Waals surface area contributed by atoms with Crippen molar-refractivity contribution in [1.29, 1.82) is 0 Å². The molecule has 0 saturated heterocycles. The molecule has 0 fully saturated rings. The number of nitrogens with two attached hydrogens (primary N) is 1. The highest BCUT2D eigenvalue weighted by Gasteiger charge is 2.20. The summed E-state index contributed by atoms with van der Waals surface area (Å²) < 4.78 is 0. The monoisotopic (exact) mass is 264 g/mol. The molecule has 0 saturated carbocycles. The van der Waals surface area contributed by atoms with Crippen LogP contribution in [0.2, 0.25) is 0 Å². The minimum Gasteiger partial charge on any atom is -0.316 e. The van der Waals surface area contributed by atoms with Crippen LogP contribution in [-0.4, -0.2) is 22.7 Å². The average Bonchev–Trinajstić information content (AvgIpc) is 2.46. The van der Waals surface area contributed by atoms with Crippen LogP contribution in [0.4, 0.5) is 0 Å². The molecule has 4 heteroatoms. The number of nitrogens with zero attached hydrogens (tertiary/aromatic N) is 1. The van der Waals surface area contributed by atoms with Gasteiger partial charge in [0.2, 0.25) is 0 Å². The lowest BCUT2D eigenvalue weighted by Gasteiger charge is -2.19. The molecule has 1 rings (SSSR count). The highest BCUT2D eigenvalue weighted by molar-refractivity contribution is 5.81. The molecule has 0 aliphatic carbocycles. The highest BCUT2D eigenvalue weighted by Crippen LogP contribution is 2.12. The van der Waals surface area contributed by atoms with E-state index in [1.54, 1.807) is 12.1 Å². The van der Waals surface area contributed by atoms with Gasteiger partial charge in [0, 0.05) is 6.54 Å². The van der Waals surface area contributed by atoms with Gasteiger partial charge in [0.1, 0.15) is 6.04 Å². The summed E-state index contributed by atoms with van der Waals surface area (Å²) in [5.41, 5.74) is 6.56. The minimum atomic E-state index is -0.790. The van der Waals surface area contributed by atoms with Crippen LogP contribution in [0.1, 0.15) is 50.6 Å². The summed E-state index contributed by atoms with van der Waals surface area (Å²) in [4.78, 5) is 11.9. The maximum atomic E-state index is 11.9. The molecule has 0 spiro atoms. The predicted molar refractivity (Wildman–Crippen MR) is 75.6 cm³/mol. The lowest BCUT2D eigenvalue weighted by molar-refractivity contribution is -0.167. The van der Waals surface area contributed by atoms with Crippen LogP contribution in [0.15, 0.2) is 30.3 Å². The van der Waals surface area contributed by atoms with Crippen LogP contribution >= 0.6 is 0 Å². The molecular weight excluding hydrogens is 240 g/mol. The molecule has 0 aliphatic heterocycles. The van der Waals surface area contributed by atoms with Crippen molar-refractivity contribution in [2.45, 2.75) is 45.1 Å². The van der Waals surface area contributed by atoms with E-state index in [0.29, 0.717) is 6.54 Å². The van der Waals surface area contributed by atoms with E-state index in [4.69, 9.17) is 5.73 Å². The van der Waals surface area contributed by atoms with Gasteiger partial charge in [-0.05, 0) is 12.0 Å². The zero-order valence-corrected chi connectivity index (χ0v) is 11.6. The number of unbranched alkanes of at least 4 members (excludes halogenated alkanes) is 4. The Labute approximate surface area is 115 Å². The minimum absolute atomic E-state index is 0.350. The van der Waals surface area contributed by atoms with E-state index in [0.717, 1.165) is 29.9 Å². The fourth-order valence-corrected chi connectivity index (χ4v) is 1.94. The van der Waals surface area contributed by atoms with E-state index in [1.165, 1.54) is 12.8 Å². The van der Waals surface area contributed by atoms with Gasteiger partial charge in [-0.25, -0.2) is 5.06 Å². The molecule has 0 bridgehead atoms. The zero-order chi connectivity index (χ0) is 14.1. The first-order valence-corrected chi connectivity index (χ1v) is 6.97. The number of carbonyl (C=O) groups is 1. The Hall–Kier alpha value is -1.39. The van der Waals surface area contributed by atoms with Gasteiger partial charge in [-0.1, -0.05) is 62.9 Å². The Balaban J connectivity index is 2.35. The molecule has 1 aromatic carbocycles. The normalized spacial score (nSPS) is 12.2. The fraction of sp³-hybridized carbons (Fsp3) is 0.533. The first-order valence-electron chi connectivity index (χ1n) is 6.97. The Morgan fingerprint density at radius 2 is 1.84 bits per heavy atom.